The first-order valence-electron chi connectivity index (χ1n) is 5.66. The first-order valence-corrected chi connectivity index (χ1v) is 6.04. The molecule has 2 rings (SSSR count). The molecule has 1 unspecified atom stereocenters. The molecule has 82 valence electrons. The van der Waals surface area contributed by atoms with Crippen molar-refractivity contribution in [3.63, 3.8) is 0 Å². The van der Waals surface area contributed by atoms with Gasteiger partial charge in [-0.15, -0.1) is 0 Å². The Balaban J connectivity index is 1.89. The summed E-state index contributed by atoms with van der Waals surface area (Å²) in [7, 11) is 0. The molecule has 1 atom stereocenters. The minimum atomic E-state index is 0.343. The second-order valence-electron chi connectivity index (χ2n) is 4.80. The van der Waals surface area contributed by atoms with Crippen LogP contribution < -0.4 is 5.73 Å². The predicted molar refractivity (Wildman–Crippen MR) is 65.2 cm³/mol. The SMILES string of the molecule is CC(N)CC1CC(c2cccc(Cl)c2)C1. The molecule has 0 heterocycles. The van der Waals surface area contributed by atoms with E-state index in [0.717, 1.165) is 17.4 Å². The molecule has 1 aromatic rings. The lowest BCUT2D eigenvalue weighted by Gasteiger charge is -2.36. The van der Waals surface area contributed by atoms with Gasteiger partial charge in [0, 0.05) is 11.1 Å². The van der Waals surface area contributed by atoms with Gasteiger partial charge in [-0.1, -0.05) is 23.7 Å². The monoisotopic (exact) mass is 223 g/mol. The molecule has 2 heteroatoms. The van der Waals surface area contributed by atoms with Crippen LogP contribution in [-0.2, 0) is 0 Å². The number of nitrogens with two attached hydrogens (primary N) is 1. The van der Waals surface area contributed by atoms with Gasteiger partial charge in [0.25, 0.3) is 0 Å². The standard InChI is InChI=1S/C13H18ClN/c1-9(15)5-10-6-12(7-10)11-3-2-4-13(14)8-11/h2-4,8-10,12H,5-7,15H2,1H3. The second-order valence-corrected chi connectivity index (χ2v) is 5.24. The molecule has 1 fully saturated rings. The molecule has 1 aromatic carbocycles. The molecule has 0 saturated heterocycles. The zero-order chi connectivity index (χ0) is 10.8. The molecule has 0 radical (unpaired) electrons. The summed E-state index contributed by atoms with van der Waals surface area (Å²) < 4.78 is 0. The fourth-order valence-corrected chi connectivity index (χ4v) is 2.69. The van der Waals surface area contributed by atoms with Crippen LogP contribution in [0.15, 0.2) is 24.3 Å². The molecule has 0 bridgehead atoms. The summed E-state index contributed by atoms with van der Waals surface area (Å²) in [5.74, 6) is 1.54. The van der Waals surface area contributed by atoms with E-state index in [0.29, 0.717) is 12.0 Å². The Morgan fingerprint density at radius 3 is 2.80 bits per heavy atom. The topological polar surface area (TPSA) is 26.0 Å². The Bertz CT molecular complexity index is 329. The van der Waals surface area contributed by atoms with Gasteiger partial charge in [0.15, 0.2) is 0 Å². The normalized spacial score (nSPS) is 27.1. The van der Waals surface area contributed by atoms with E-state index in [2.05, 4.69) is 19.1 Å². The number of rotatable bonds is 3. The fourth-order valence-electron chi connectivity index (χ4n) is 2.49. The van der Waals surface area contributed by atoms with Gasteiger partial charge in [0.05, 0.1) is 0 Å². The Morgan fingerprint density at radius 2 is 2.20 bits per heavy atom. The molecule has 1 nitrogen and oxygen atoms in total. The highest BCUT2D eigenvalue weighted by Crippen LogP contribution is 2.43. The number of hydrogen-bond acceptors (Lipinski definition) is 1. The van der Waals surface area contributed by atoms with Crippen LogP contribution in [0.5, 0.6) is 0 Å². The van der Waals surface area contributed by atoms with Crippen molar-refractivity contribution in [2.45, 2.75) is 38.1 Å². The summed E-state index contributed by atoms with van der Waals surface area (Å²) in [6, 6.07) is 8.59. The van der Waals surface area contributed by atoms with Gasteiger partial charge < -0.3 is 5.73 Å². The third-order valence-electron chi connectivity index (χ3n) is 3.26. The van der Waals surface area contributed by atoms with Crippen molar-refractivity contribution >= 4 is 11.6 Å². The molecule has 1 aliphatic carbocycles. The van der Waals surface area contributed by atoms with Crippen LogP contribution in [-0.4, -0.2) is 6.04 Å². The van der Waals surface area contributed by atoms with Gasteiger partial charge in [-0.2, -0.15) is 0 Å². The summed E-state index contributed by atoms with van der Waals surface area (Å²) in [6.07, 6.45) is 3.72. The smallest absolute Gasteiger partial charge is 0.0408 e. The average Bonchev–Trinajstić information content (AvgIpc) is 2.10. The van der Waals surface area contributed by atoms with Gasteiger partial charge in [0.1, 0.15) is 0 Å². The van der Waals surface area contributed by atoms with E-state index >= 15 is 0 Å². The zero-order valence-corrected chi connectivity index (χ0v) is 9.87. The van der Waals surface area contributed by atoms with Crippen LogP contribution in [0.1, 0.15) is 37.7 Å². The second kappa shape index (κ2) is 4.54. The lowest BCUT2D eigenvalue weighted by Crippen LogP contribution is -2.28. The maximum absolute atomic E-state index is 5.97. The molecular weight excluding hydrogens is 206 g/mol. The number of benzene rings is 1. The third-order valence-corrected chi connectivity index (χ3v) is 3.50. The maximum atomic E-state index is 5.97. The summed E-state index contributed by atoms with van der Waals surface area (Å²) in [6.45, 7) is 2.09. The summed E-state index contributed by atoms with van der Waals surface area (Å²) in [5, 5.41) is 0.850. The van der Waals surface area contributed by atoms with Crippen LogP contribution in [0.4, 0.5) is 0 Å². The quantitative estimate of drug-likeness (QED) is 0.833. The Labute approximate surface area is 96.6 Å². The van der Waals surface area contributed by atoms with Gasteiger partial charge >= 0.3 is 0 Å². The highest BCUT2D eigenvalue weighted by Gasteiger charge is 2.30. The average molecular weight is 224 g/mol. The first kappa shape index (κ1) is 11.0. The third kappa shape index (κ3) is 2.73. The minimum absolute atomic E-state index is 0.343. The van der Waals surface area contributed by atoms with E-state index in [4.69, 9.17) is 17.3 Å². The van der Waals surface area contributed by atoms with E-state index < -0.39 is 0 Å². The highest BCUT2D eigenvalue weighted by atomic mass is 35.5. The van der Waals surface area contributed by atoms with Gasteiger partial charge in [-0.3, -0.25) is 0 Å². The molecule has 15 heavy (non-hydrogen) atoms. The molecule has 0 aliphatic heterocycles. The molecule has 2 N–H and O–H groups in total. The van der Waals surface area contributed by atoms with Crippen LogP contribution in [0.3, 0.4) is 0 Å². The molecule has 0 aromatic heterocycles. The lowest BCUT2D eigenvalue weighted by atomic mass is 9.69. The Morgan fingerprint density at radius 1 is 1.47 bits per heavy atom. The van der Waals surface area contributed by atoms with Crippen molar-refractivity contribution in [2.24, 2.45) is 11.7 Å². The minimum Gasteiger partial charge on any atom is -0.328 e. The summed E-state index contributed by atoms with van der Waals surface area (Å²) in [5.41, 5.74) is 7.18. The van der Waals surface area contributed by atoms with Gasteiger partial charge in [-0.25, -0.2) is 0 Å². The summed E-state index contributed by atoms with van der Waals surface area (Å²) >= 11 is 5.97. The zero-order valence-electron chi connectivity index (χ0n) is 9.12. The lowest BCUT2D eigenvalue weighted by molar-refractivity contribution is 0.237. The highest BCUT2D eigenvalue weighted by molar-refractivity contribution is 6.30. The van der Waals surface area contributed by atoms with E-state index in [1.807, 2.05) is 12.1 Å². The first-order chi connectivity index (χ1) is 7.15. The van der Waals surface area contributed by atoms with Crippen molar-refractivity contribution in [1.82, 2.24) is 0 Å². The number of hydrogen-bond donors (Lipinski definition) is 1. The Hall–Kier alpha value is -0.530. The van der Waals surface area contributed by atoms with Gasteiger partial charge in [-0.05, 0) is 55.7 Å². The number of halogens is 1. The van der Waals surface area contributed by atoms with Crippen molar-refractivity contribution in [3.05, 3.63) is 34.9 Å². The van der Waals surface area contributed by atoms with Crippen molar-refractivity contribution in [3.8, 4) is 0 Å². The van der Waals surface area contributed by atoms with E-state index in [-0.39, 0.29) is 0 Å². The summed E-state index contributed by atoms with van der Waals surface area (Å²) in [4.78, 5) is 0. The Kier molecular flexibility index (Phi) is 3.32. The molecule has 0 spiro atoms. The van der Waals surface area contributed by atoms with E-state index in [1.165, 1.54) is 18.4 Å². The fraction of sp³-hybridized carbons (Fsp3) is 0.538. The molecule has 1 saturated carbocycles. The van der Waals surface area contributed by atoms with Crippen LogP contribution in [0.25, 0.3) is 0 Å². The van der Waals surface area contributed by atoms with Crippen LogP contribution >= 0.6 is 11.6 Å². The van der Waals surface area contributed by atoms with Crippen molar-refractivity contribution in [2.75, 3.05) is 0 Å². The molecule has 0 amide bonds. The van der Waals surface area contributed by atoms with Crippen LogP contribution in [0, 0.1) is 5.92 Å². The largest absolute Gasteiger partial charge is 0.328 e. The molecular formula is C13H18ClN. The predicted octanol–water partition coefficient (Wildman–Crippen LogP) is 3.57. The van der Waals surface area contributed by atoms with Crippen molar-refractivity contribution < 1.29 is 0 Å². The van der Waals surface area contributed by atoms with Crippen molar-refractivity contribution in [1.29, 1.82) is 0 Å². The van der Waals surface area contributed by atoms with E-state index in [9.17, 15) is 0 Å². The van der Waals surface area contributed by atoms with Crippen LogP contribution in [0.2, 0.25) is 5.02 Å². The van der Waals surface area contributed by atoms with Gasteiger partial charge in [0.2, 0.25) is 0 Å². The van der Waals surface area contributed by atoms with E-state index in [1.54, 1.807) is 0 Å². The maximum Gasteiger partial charge on any atom is 0.0408 e. The molecule has 1 aliphatic rings.